The second-order valence-electron chi connectivity index (χ2n) is 7.82. The minimum Gasteiger partial charge on any atom is -0.384 e. The Morgan fingerprint density at radius 2 is 1.88 bits per heavy atom. The van der Waals surface area contributed by atoms with Crippen LogP contribution in [0, 0.1) is 11.8 Å². The topological polar surface area (TPSA) is 60.4 Å². The van der Waals surface area contributed by atoms with Crippen LogP contribution in [-0.2, 0) is 9.53 Å². The van der Waals surface area contributed by atoms with Crippen molar-refractivity contribution in [3.8, 4) is 0 Å². The van der Waals surface area contributed by atoms with Gasteiger partial charge in [-0.2, -0.15) is 0 Å². The number of carbonyl (C=O) groups excluding carboxylic acids is 1. The van der Waals surface area contributed by atoms with E-state index in [-0.39, 0.29) is 0 Å². The summed E-state index contributed by atoms with van der Waals surface area (Å²) in [6, 6.07) is 0. The quantitative estimate of drug-likeness (QED) is 0.548. The SMILES string of the molecule is CN=C(NCCN1CCN(C(=O)C2CCC2)CC1)N1CCC(COC)C1. The van der Waals surface area contributed by atoms with E-state index >= 15 is 0 Å². The first-order valence-electron chi connectivity index (χ1n) is 10.2. The number of piperazine rings is 1. The maximum absolute atomic E-state index is 12.3. The van der Waals surface area contributed by atoms with Gasteiger partial charge in [-0.15, -0.1) is 0 Å². The zero-order valence-electron chi connectivity index (χ0n) is 16.5. The Labute approximate surface area is 157 Å². The molecular weight excluding hydrogens is 330 g/mol. The number of hydrogen-bond donors (Lipinski definition) is 1. The summed E-state index contributed by atoms with van der Waals surface area (Å²) in [5, 5.41) is 3.50. The molecule has 0 bridgehead atoms. The molecule has 2 heterocycles. The van der Waals surface area contributed by atoms with Crippen LogP contribution < -0.4 is 5.32 Å². The summed E-state index contributed by atoms with van der Waals surface area (Å²) in [6.45, 7) is 8.54. The van der Waals surface area contributed by atoms with Crippen LogP contribution >= 0.6 is 0 Å². The molecule has 3 rings (SSSR count). The molecule has 1 saturated carbocycles. The lowest BCUT2D eigenvalue weighted by Gasteiger charge is -2.38. The maximum atomic E-state index is 12.3. The van der Waals surface area contributed by atoms with Gasteiger partial charge in [0.1, 0.15) is 0 Å². The van der Waals surface area contributed by atoms with Gasteiger partial charge in [-0.1, -0.05) is 6.42 Å². The number of aliphatic imine (C=N–C) groups is 1. The van der Waals surface area contributed by atoms with Crippen molar-refractivity contribution in [2.24, 2.45) is 16.8 Å². The second-order valence-corrected chi connectivity index (χ2v) is 7.82. The lowest BCUT2D eigenvalue weighted by molar-refractivity contribution is -0.139. The molecule has 1 amide bonds. The van der Waals surface area contributed by atoms with Crippen molar-refractivity contribution in [3.63, 3.8) is 0 Å². The minimum atomic E-state index is 0.328. The molecule has 26 heavy (non-hydrogen) atoms. The molecule has 1 aliphatic carbocycles. The van der Waals surface area contributed by atoms with E-state index in [2.05, 4.69) is 25.0 Å². The van der Waals surface area contributed by atoms with Gasteiger partial charge in [0.05, 0.1) is 6.61 Å². The average Bonchev–Trinajstić information content (AvgIpc) is 3.06. The number of nitrogens with zero attached hydrogens (tertiary/aromatic N) is 4. The molecule has 148 valence electrons. The van der Waals surface area contributed by atoms with Crippen molar-refractivity contribution in [1.29, 1.82) is 0 Å². The molecule has 1 atom stereocenters. The Kier molecular flexibility index (Phi) is 7.14. The fourth-order valence-electron chi connectivity index (χ4n) is 4.16. The van der Waals surface area contributed by atoms with E-state index < -0.39 is 0 Å². The van der Waals surface area contributed by atoms with E-state index in [0.29, 0.717) is 17.7 Å². The largest absolute Gasteiger partial charge is 0.384 e. The van der Waals surface area contributed by atoms with Crippen LogP contribution in [0.4, 0.5) is 0 Å². The lowest BCUT2D eigenvalue weighted by Crippen LogP contribution is -2.52. The number of methoxy groups -OCH3 is 1. The fraction of sp³-hybridized carbons (Fsp3) is 0.895. The normalized spacial score (nSPS) is 25.5. The van der Waals surface area contributed by atoms with Crippen LogP contribution in [0.15, 0.2) is 4.99 Å². The van der Waals surface area contributed by atoms with Gasteiger partial charge in [0.15, 0.2) is 5.96 Å². The number of guanidine groups is 1. The number of amides is 1. The molecule has 1 N–H and O–H groups in total. The highest BCUT2D eigenvalue weighted by Gasteiger charge is 2.31. The van der Waals surface area contributed by atoms with E-state index in [1.54, 1.807) is 7.11 Å². The van der Waals surface area contributed by atoms with Gasteiger partial charge in [-0.25, -0.2) is 0 Å². The van der Waals surface area contributed by atoms with Crippen LogP contribution in [0.2, 0.25) is 0 Å². The Balaban J connectivity index is 1.33. The van der Waals surface area contributed by atoms with Crippen molar-refractivity contribution < 1.29 is 9.53 Å². The van der Waals surface area contributed by atoms with Crippen LogP contribution in [0.5, 0.6) is 0 Å². The zero-order chi connectivity index (χ0) is 18.4. The second kappa shape index (κ2) is 9.55. The Bertz CT molecular complexity index is 486. The molecule has 0 spiro atoms. The molecule has 1 unspecified atom stereocenters. The summed E-state index contributed by atoms with van der Waals surface area (Å²) in [5.41, 5.74) is 0. The first-order valence-corrected chi connectivity index (χ1v) is 10.2. The van der Waals surface area contributed by atoms with E-state index in [1.165, 1.54) is 12.8 Å². The van der Waals surface area contributed by atoms with Crippen LogP contribution in [0.25, 0.3) is 0 Å². The predicted octanol–water partition coefficient (Wildman–Crippen LogP) is 0.474. The fourth-order valence-corrected chi connectivity index (χ4v) is 4.16. The third-order valence-corrected chi connectivity index (χ3v) is 6.05. The minimum absolute atomic E-state index is 0.328. The summed E-state index contributed by atoms with van der Waals surface area (Å²) < 4.78 is 5.28. The van der Waals surface area contributed by atoms with Gasteiger partial charge in [0, 0.05) is 78.4 Å². The number of ether oxygens (including phenoxy) is 1. The van der Waals surface area contributed by atoms with Crippen molar-refractivity contribution in [2.45, 2.75) is 25.7 Å². The smallest absolute Gasteiger partial charge is 0.225 e. The highest BCUT2D eigenvalue weighted by atomic mass is 16.5. The number of hydrogen-bond acceptors (Lipinski definition) is 4. The van der Waals surface area contributed by atoms with E-state index in [0.717, 1.165) is 77.8 Å². The number of nitrogens with one attached hydrogen (secondary N) is 1. The van der Waals surface area contributed by atoms with Gasteiger partial charge in [-0.05, 0) is 19.3 Å². The molecule has 0 aromatic carbocycles. The monoisotopic (exact) mass is 365 g/mol. The lowest BCUT2D eigenvalue weighted by atomic mass is 9.84. The average molecular weight is 366 g/mol. The van der Waals surface area contributed by atoms with Crippen molar-refractivity contribution in [3.05, 3.63) is 0 Å². The van der Waals surface area contributed by atoms with Gasteiger partial charge in [-0.3, -0.25) is 14.7 Å². The summed E-state index contributed by atoms with van der Waals surface area (Å²) in [7, 11) is 3.63. The molecule has 0 aromatic heterocycles. The molecule has 0 aromatic rings. The van der Waals surface area contributed by atoms with Crippen LogP contribution in [-0.4, -0.2) is 99.7 Å². The summed E-state index contributed by atoms with van der Waals surface area (Å²) in [5.74, 6) is 2.34. The van der Waals surface area contributed by atoms with Gasteiger partial charge < -0.3 is 19.9 Å². The Hall–Kier alpha value is -1.34. The number of likely N-dealkylation sites (tertiary alicyclic amines) is 1. The van der Waals surface area contributed by atoms with Crippen molar-refractivity contribution in [1.82, 2.24) is 20.0 Å². The highest BCUT2D eigenvalue weighted by Crippen LogP contribution is 2.28. The maximum Gasteiger partial charge on any atom is 0.225 e. The summed E-state index contributed by atoms with van der Waals surface area (Å²) >= 11 is 0. The molecule has 3 fully saturated rings. The zero-order valence-corrected chi connectivity index (χ0v) is 16.5. The molecule has 0 radical (unpaired) electrons. The van der Waals surface area contributed by atoms with E-state index in [4.69, 9.17) is 4.74 Å². The highest BCUT2D eigenvalue weighted by molar-refractivity contribution is 5.80. The van der Waals surface area contributed by atoms with E-state index in [9.17, 15) is 4.79 Å². The summed E-state index contributed by atoms with van der Waals surface area (Å²) in [6.07, 6.45) is 4.60. The third kappa shape index (κ3) is 4.88. The van der Waals surface area contributed by atoms with Crippen LogP contribution in [0.3, 0.4) is 0 Å². The van der Waals surface area contributed by atoms with Crippen molar-refractivity contribution in [2.75, 3.05) is 73.1 Å². The molecular formula is C19H35N5O2. The van der Waals surface area contributed by atoms with Gasteiger partial charge in [0.25, 0.3) is 0 Å². The van der Waals surface area contributed by atoms with E-state index in [1.807, 2.05) is 7.05 Å². The predicted molar refractivity (Wildman–Crippen MR) is 103 cm³/mol. The summed E-state index contributed by atoms with van der Waals surface area (Å²) in [4.78, 5) is 23.6. The molecule has 7 nitrogen and oxygen atoms in total. The number of carbonyl (C=O) groups is 1. The molecule has 2 aliphatic heterocycles. The molecule has 3 aliphatic rings. The van der Waals surface area contributed by atoms with Crippen LogP contribution in [0.1, 0.15) is 25.7 Å². The molecule has 2 saturated heterocycles. The Morgan fingerprint density at radius 3 is 2.50 bits per heavy atom. The number of rotatable bonds is 6. The standard InChI is InChI=1S/C19H35N5O2/c1-20-19(24-8-6-16(14-24)15-26-2)21-7-9-22-10-12-23(13-11-22)18(25)17-4-3-5-17/h16-17H,3-15H2,1-2H3,(H,20,21). The first-order chi connectivity index (χ1) is 12.7. The first kappa shape index (κ1) is 19.4. The van der Waals surface area contributed by atoms with Crippen molar-refractivity contribution >= 4 is 11.9 Å². The van der Waals surface area contributed by atoms with Gasteiger partial charge >= 0.3 is 0 Å². The third-order valence-electron chi connectivity index (χ3n) is 6.05. The Morgan fingerprint density at radius 1 is 1.12 bits per heavy atom. The van der Waals surface area contributed by atoms with Gasteiger partial charge in [0.2, 0.25) is 5.91 Å². The molecule has 7 heteroatoms.